The summed E-state index contributed by atoms with van der Waals surface area (Å²) in [6, 6.07) is 1.89. The van der Waals surface area contributed by atoms with Crippen LogP contribution in [0.2, 0.25) is 0 Å². The van der Waals surface area contributed by atoms with Crippen molar-refractivity contribution in [1.82, 2.24) is 20.9 Å². The number of hydrogen-bond acceptors (Lipinski definition) is 9. The van der Waals surface area contributed by atoms with Crippen molar-refractivity contribution in [1.29, 1.82) is 0 Å². The lowest BCUT2D eigenvalue weighted by Crippen LogP contribution is -2.57. The molecule has 3 aliphatic rings. The smallest absolute Gasteiger partial charge is 0.243 e. The number of amides is 3. The van der Waals surface area contributed by atoms with Gasteiger partial charge in [-0.05, 0) is 57.2 Å². The predicted octanol–water partition coefficient (Wildman–Crippen LogP) is 0.608. The zero-order valence-corrected chi connectivity index (χ0v) is 24.6. The van der Waals surface area contributed by atoms with Gasteiger partial charge in [0.1, 0.15) is 17.7 Å². The van der Waals surface area contributed by atoms with Gasteiger partial charge in [-0.25, -0.2) is 0 Å². The number of ether oxygens (including phenoxy) is 3. The summed E-state index contributed by atoms with van der Waals surface area (Å²) in [4.78, 5) is 54.7. The molecule has 0 saturated carbocycles. The van der Waals surface area contributed by atoms with Gasteiger partial charge in [-0.3, -0.25) is 24.1 Å². The number of nitrogens with one attached hydrogen (secondary N) is 3. The van der Waals surface area contributed by atoms with E-state index in [-0.39, 0.29) is 36.2 Å². The number of phenolic OH excluding ortho intramolecular Hbond substituents is 1. The van der Waals surface area contributed by atoms with Crippen LogP contribution in [0.1, 0.15) is 45.1 Å². The Labute approximate surface area is 246 Å². The number of carbonyl (C=O) groups excluding carboxylic acids is 4. The molecule has 0 aromatic heterocycles. The molecule has 12 nitrogen and oxygen atoms in total. The van der Waals surface area contributed by atoms with E-state index < -0.39 is 35.5 Å². The first-order valence-corrected chi connectivity index (χ1v) is 14.5. The molecule has 0 bridgehead atoms. The van der Waals surface area contributed by atoms with Crippen molar-refractivity contribution in [3.05, 3.63) is 35.4 Å². The lowest BCUT2D eigenvalue weighted by Gasteiger charge is -2.27. The van der Waals surface area contributed by atoms with Gasteiger partial charge < -0.3 is 35.3 Å². The number of carbonyl (C=O) groups is 4. The molecule has 2 fully saturated rings. The van der Waals surface area contributed by atoms with Crippen molar-refractivity contribution >= 4 is 23.5 Å². The molecule has 4 N–H and O–H groups in total. The van der Waals surface area contributed by atoms with Crippen LogP contribution < -0.4 is 20.7 Å². The number of methoxy groups -OCH3 is 1. The summed E-state index contributed by atoms with van der Waals surface area (Å²) < 4.78 is 15.8. The van der Waals surface area contributed by atoms with Crippen LogP contribution in [0.25, 0.3) is 0 Å². The molecule has 1 aromatic rings. The highest BCUT2D eigenvalue weighted by Gasteiger charge is 2.50. The van der Waals surface area contributed by atoms with Crippen LogP contribution in [0.3, 0.4) is 0 Å². The Balaban J connectivity index is 1.46. The second kappa shape index (κ2) is 14.1. The maximum absolute atomic E-state index is 13.7. The SMILES string of the molecule is COc1ccc(C[C@H](NC(=O)[C@H](C)NC(=O)CN2CCOCC2)C(=O)N[C@@H](CC2=CCCC2)C(=O)[C@@]2(C)CO2)cc1O. The van der Waals surface area contributed by atoms with E-state index in [0.29, 0.717) is 44.9 Å². The first-order valence-electron chi connectivity index (χ1n) is 14.5. The third kappa shape index (κ3) is 8.52. The van der Waals surface area contributed by atoms with Crippen LogP contribution in [0.5, 0.6) is 11.5 Å². The lowest BCUT2D eigenvalue weighted by molar-refractivity contribution is -0.134. The van der Waals surface area contributed by atoms with Crippen LogP contribution in [-0.4, -0.2) is 104 Å². The molecule has 2 heterocycles. The number of morpholine rings is 1. The number of rotatable bonds is 14. The highest BCUT2D eigenvalue weighted by Crippen LogP contribution is 2.31. The first kappa shape index (κ1) is 31.5. The Kier molecular flexibility index (Phi) is 10.6. The van der Waals surface area contributed by atoms with Crippen molar-refractivity contribution in [2.24, 2.45) is 0 Å². The van der Waals surface area contributed by atoms with Gasteiger partial charge in [-0.1, -0.05) is 17.7 Å². The normalized spacial score (nSPS) is 22.3. The van der Waals surface area contributed by atoms with Gasteiger partial charge in [-0.2, -0.15) is 0 Å². The number of ketones is 1. The van der Waals surface area contributed by atoms with Crippen LogP contribution in [0.15, 0.2) is 29.8 Å². The Hall–Kier alpha value is -3.48. The van der Waals surface area contributed by atoms with Gasteiger partial charge in [0, 0.05) is 19.5 Å². The quantitative estimate of drug-likeness (QED) is 0.181. The largest absolute Gasteiger partial charge is 0.504 e. The van der Waals surface area contributed by atoms with E-state index in [1.807, 2.05) is 4.90 Å². The first-order chi connectivity index (χ1) is 20.1. The number of benzene rings is 1. The second-order valence-electron chi connectivity index (χ2n) is 11.4. The number of epoxide rings is 1. The highest BCUT2D eigenvalue weighted by atomic mass is 16.6. The molecule has 4 rings (SSSR count). The van der Waals surface area contributed by atoms with Crippen LogP contribution in [0.4, 0.5) is 0 Å². The van der Waals surface area contributed by atoms with Gasteiger partial charge in [0.15, 0.2) is 17.3 Å². The third-order valence-electron chi connectivity index (χ3n) is 7.89. The van der Waals surface area contributed by atoms with E-state index in [0.717, 1.165) is 24.8 Å². The molecule has 0 radical (unpaired) electrons. The average Bonchev–Trinajstić information content (AvgIpc) is 3.50. The topological polar surface area (TPSA) is 159 Å². The fraction of sp³-hybridized carbons (Fsp3) is 0.600. The van der Waals surface area contributed by atoms with Crippen molar-refractivity contribution in [2.45, 2.75) is 69.7 Å². The summed E-state index contributed by atoms with van der Waals surface area (Å²) in [7, 11) is 1.43. The minimum absolute atomic E-state index is 0.0287. The van der Waals surface area contributed by atoms with E-state index in [9.17, 15) is 24.3 Å². The maximum Gasteiger partial charge on any atom is 0.243 e. The molecule has 0 spiro atoms. The minimum Gasteiger partial charge on any atom is -0.504 e. The summed E-state index contributed by atoms with van der Waals surface area (Å²) in [5, 5.41) is 18.6. The van der Waals surface area contributed by atoms with Gasteiger partial charge in [0.05, 0.1) is 39.5 Å². The predicted molar refractivity (Wildman–Crippen MR) is 153 cm³/mol. The monoisotopic (exact) mass is 586 g/mol. The standard InChI is InChI=1S/C30H42N4O8/c1-19(31-26(36)17-34-10-12-41-13-11-34)28(38)33-23(15-21-8-9-25(40-3)24(35)16-21)29(39)32-22(14-20-6-4-5-7-20)27(37)30(2)18-42-30/h6,8-9,16,19,22-23,35H,4-5,7,10-15,17-18H2,1-3H3,(H,31,36)(H,32,39)(H,33,38)/t19-,22-,23-,30+/m0/s1. The summed E-state index contributed by atoms with van der Waals surface area (Å²) >= 11 is 0. The van der Waals surface area contributed by atoms with Crippen molar-refractivity contribution in [2.75, 3.05) is 46.6 Å². The number of hydrogen-bond donors (Lipinski definition) is 4. The summed E-state index contributed by atoms with van der Waals surface area (Å²) in [6.07, 6.45) is 5.31. The van der Waals surface area contributed by atoms with Gasteiger partial charge >= 0.3 is 0 Å². The Morgan fingerprint density at radius 1 is 1.07 bits per heavy atom. The summed E-state index contributed by atoms with van der Waals surface area (Å²) in [5.74, 6) is -1.46. The maximum atomic E-state index is 13.7. The fourth-order valence-electron chi connectivity index (χ4n) is 5.20. The van der Waals surface area contributed by atoms with E-state index >= 15 is 0 Å². The van der Waals surface area contributed by atoms with E-state index in [1.165, 1.54) is 13.2 Å². The van der Waals surface area contributed by atoms with E-state index in [4.69, 9.17) is 14.2 Å². The second-order valence-corrected chi connectivity index (χ2v) is 11.4. The van der Waals surface area contributed by atoms with Crippen molar-refractivity contribution in [3.63, 3.8) is 0 Å². The molecule has 1 aromatic carbocycles. The Morgan fingerprint density at radius 3 is 2.40 bits per heavy atom. The number of nitrogens with zero attached hydrogens (tertiary/aromatic N) is 1. The molecule has 1 aliphatic carbocycles. The lowest BCUT2D eigenvalue weighted by atomic mass is 9.94. The molecular formula is C30H42N4O8. The zero-order chi connectivity index (χ0) is 30.3. The van der Waals surface area contributed by atoms with Crippen molar-refractivity contribution in [3.8, 4) is 11.5 Å². The van der Waals surface area contributed by atoms with Crippen LogP contribution in [0, 0.1) is 0 Å². The fourth-order valence-corrected chi connectivity index (χ4v) is 5.20. The molecule has 4 atom stereocenters. The Bertz CT molecular complexity index is 1190. The minimum atomic E-state index is -1.09. The number of aromatic hydroxyl groups is 1. The summed E-state index contributed by atoms with van der Waals surface area (Å²) in [5.41, 5.74) is 0.739. The molecule has 230 valence electrons. The Morgan fingerprint density at radius 2 is 1.79 bits per heavy atom. The molecule has 0 unspecified atom stereocenters. The molecule has 42 heavy (non-hydrogen) atoms. The zero-order valence-electron chi connectivity index (χ0n) is 24.6. The van der Waals surface area contributed by atoms with Gasteiger partial charge in [0.25, 0.3) is 0 Å². The summed E-state index contributed by atoms with van der Waals surface area (Å²) in [6.45, 7) is 6.04. The van der Waals surface area contributed by atoms with Crippen LogP contribution in [-0.2, 0) is 35.1 Å². The molecule has 12 heteroatoms. The highest BCUT2D eigenvalue weighted by molar-refractivity contribution is 5.98. The molecular weight excluding hydrogens is 544 g/mol. The van der Waals surface area contributed by atoms with E-state index in [1.54, 1.807) is 26.0 Å². The van der Waals surface area contributed by atoms with Gasteiger partial charge in [0.2, 0.25) is 17.7 Å². The number of Topliss-reactive ketones (excluding diaryl/α,β-unsaturated/α-hetero) is 1. The van der Waals surface area contributed by atoms with Crippen molar-refractivity contribution < 1.29 is 38.5 Å². The molecule has 2 aliphatic heterocycles. The van der Waals surface area contributed by atoms with E-state index in [2.05, 4.69) is 22.0 Å². The number of allylic oxidation sites excluding steroid dienone is 1. The number of phenols is 1. The molecule has 2 saturated heterocycles. The van der Waals surface area contributed by atoms with Crippen LogP contribution >= 0.6 is 0 Å². The third-order valence-corrected chi connectivity index (χ3v) is 7.89. The molecule has 3 amide bonds. The van der Waals surface area contributed by atoms with Gasteiger partial charge in [-0.15, -0.1) is 0 Å². The average molecular weight is 587 g/mol.